The molecule has 3 aromatic rings. The van der Waals surface area contributed by atoms with E-state index in [1.54, 1.807) is 11.3 Å². The van der Waals surface area contributed by atoms with Crippen LogP contribution in [0.15, 0.2) is 40.9 Å². The van der Waals surface area contributed by atoms with E-state index >= 15 is 0 Å². The highest BCUT2D eigenvalue weighted by molar-refractivity contribution is 9.10. The van der Waals surface area contributed by atoms with Crippen molar-refractivity contribution >= 4 is 54.8 Å². The van der Waals surface area contributed by atoms with Crippen LogP contribution in [0.3, 0.4) is 0 Å². The summed E-state index contributed by atoms with van der Waals surface area (Å²) < 4.78 is 1.98. The first-order valence-corrected chi connectivity index (χ1v) is 7.24. The molecule has 0 saturated carbocycles. The van der Waals surface area contributed by atoms with Crippen molar-refractivity contribution in [3.8, 4) is 10.6 Å². The Kier molecular flexibility index (Phi) is 3.01. The summed E-state index contributed by atoms with van der Waals surface area (Å²) in [5.74, 6) is 0. The predicted octanol–water partition coefficient (Wildman–Crippen LogP) is 4.96. The maximum atomic E-state index is 6.16. The third-order valence-corrected chi connectivity index (χ3v) is 4.67. The van der Waals surface area contributed by atoms with E-state index in [-0.39, 0.29) is 0 Å². The molecule has 0 aliphatic carbocycles. The van der Waals surface area contributed by atoms with E-state index in [0.717, 1.165) is 30.3 Å². The average molecular weight is 340 g/mol. The molecule has 0 saturated heterocycles. The van der Waals surface area contributed by atoms with Crippen LogP contribution < -0.4 is 5.73 Å². The number of nitrogens with two attached hydrogens (primary N) is 1. The highest BCUT2D eigenvalue weighted by atomic mass is 79.9. The molecule has 2 aromatic carbocycles. The molecule has 0 spiro atoms. The van der Waals surface area contributed by atoms with E-state index in [4.69, 9.17) is 17.3 Å². The molecule has 3 rings (SSSR count). The molecule has 2 nitrogen and oxygen atoms in total. The summed E-state index contributed by atoms with van der Waals surface area (Å²) in [6.45, 7) is 0. The zero-order chi connectivity index (χ0) is 12.7. The van der Waals surface area contributed by atoms with Crippen LogP contribution in [0, 0.1) is 0 Å². The molecule has 0 radical (unpaired) electrons. The van der Waals surface area contributed by atoms with Crippen molar-refractivity contribution in [2.45, 2.75) is 0 Å². The molecular weight excluding hydrogens is 332 g/mol. The summed E-state index contributed by atoms with van der Waals surface area (Å²) in [5, 5.41) is 1.61. The summed E-state index contributed by atoms with van der Waals surface area (Å²) in [6.07, 6.45) is 0. The van der Waals surface area contributed by atoms with Gasteiger partial charge in [0.25, 0.3) is 0 Å². The Morgan fingerprint density at radius 1 is 1.22 bits per heavy atom. The molecule has 0 aliphatic rings. The van der Waals surface area contributed by atoms with Gasteiger partial charge in [-0.1, -0.05) is 33.6 Å². The van der Waals surface area contributed by atoms with Gasteiger partial charge in [-0.05, 0) is 30.3 Å². The number of fused-ring (bicyclic) bond motifs is 1. The summed E-state index contributed by atoms with van der Waals surface area (Å²) in [6, 6.07) is 11.5. The zero-order valence-corrected chi connectivity index (χ0v) is 12.3. The molecular formula is C13H8BrClN2S. The number of hydrogen-bond donors (Lipinski definition) is 1. The smallest absolute Gasteiger partial charge is 0.126 e. The van der Waals surface area contributed by atoms with Crippen molar-refractivity contribution in [2.24, 2.45) is 0 Å². The van der Waals surface area contributed by atoms with Crippen LogP contribution in [-0.4, -0.2) is 4.98 Å². The van der Waals surface area contributed by atoms with Crippen molar-refractivity contribution in [2.75, 3.05) is 5.73 Å². The van der Waals surface area contributed by atoms with E-state index < -0.39 is 0 Å². The van der Waals surface area contributed by atoms with Crippen molar-refractivity contribution in [1.82, 2.24) is 4.98 Å². The van der Waals surface area contributed by atoms with Crippen molar-refractivity contribution in [3.63, 3.8) is 0 Å². The summed E-state index contributed by atoms with van der Waals surface area (Å²) in [4.78, 5) is 4.58. The first kappa shape index (κ1) is 12.0. The van der Waals surface area contributed by atoms with Crippen LogP contribution in [0.4, 0.5) is 5.69 Å². The monoisotopic (exact) mass is 338 g/mol. The second kappa shape index (κ2) is 4.53. The largest absolute Gasteiger partial charge is 0.398 e. The van der Waals surface area contributed by atoms with Crippen LogP contribution in [0.25, 0.3) is 20.8 Å². The molecule has 0 amide bonds. The SMILES string of the molecule is Nc1ccc(Br)cc1-c1nc2cccc(Cl)c2s1. The highest BCUT2D eigenvalue weighted by Crippen LogP contribution is 2.37. The van der Waals surface area contributed by atoms with Gasteiger partial charge in [0.05, 0.1) is 15.2 Å². The molecule has 0 aliphatic heterocycles. The average Bonchev–Trinajstić information content (AvgIpc) is 2.77. The van der Waals surface area contributed by atoms with Gasteiger partial charge in [-0.2, -0.15) is 0 Å². The quantitative estimate of drug-likeness (QED) is 0.636. The highest BCUT2D eigenvalue weighted by Gasteiger charge is 2.11. The zero-order valence-electron chi connectivity index (χ0n) is 9.15. The minimum Gasteiger partial charge on any atom is -0.398 e. The van der Waals surface area contributed by atoms with E-state index in [0.29, 0.717) is 5.69 Å². The number of aromatic nitrogens is 1. The maximum Gasteiger partial charge on any atom is 0.126 e. The Morgan fingerprint density at radius 3 is 2.83 bits per heavy atom. The van der Waals surface area contributed by atoms with Gasteiger partial charge in [-0.3, -0.25) is 0 Å². The van der Waals surface area contributed by atoms with Crippen molar-refractivity contribution in [3.05, 3.63) is 45.9 Å². The lowest BCUT2D eigenvalue weighted by Crippen LogP contribution is -1.88. The molecule has 90 valence electrons. The second-order valence-electron chi connectivity index (χ2n) is 3.84. The Labute approximate surface area is 122 Å². The second-order valence-corrected chi connectivity index (χ2v) is 6.16. The van der Waals surface area contributed by atoms with E-state index in [1.165, 1.54) is 0 Å². The third-order valence-electron chi connectivity index (χ3n) is 2.61. The molecule has 0 atom stereocenters. The van der Waals surface area contributed by atoms with E-state index in [9.17, 15) is 0 Å². The number of nitrogens with zero attached hydrogens (tertiary/aromatic N) is 1. The number of thiazole rings is 1. The lowest BCUT2D eigenvalue weighted by molar-refractivity contribution is 1.47. The molecule has 1 aromatic heterocycles. The number of anilines is 1. The normalized spacial score (nSPS) is 11.0. The van der Waals surface area contributed by atoms with Crippen LogP contribution in [0.1, 0.15) is 0 Å². The fourth-order valence-corrected chi connectivity index (χ4v) is 3.40. The standard InChI is InChI=1S/C13H8BrClN2S/c14-7-4-5-10(16)8(6-7)13-17-11-3-1-2-9(15)12(11)18-13/h1-6H,16H2. The van der Waals surface area contributed by atoms with Crippen molar-refractivity contribution in [1.29, 1.82) is 0 Å². The molecule has 2 N–H and O–H groups in total. The van der Waals surface area contributed by atoms with Crippen LogP contribution in [0.5, 0.6) is 0 Å². The molecule has 0 bridgehead atoms. The number of hydrogen-bond acceptors (Lipinski definition) is 3. The van der Waals surface area contributed by atoms with Gasteiger partial charge in [0.1, 0.15) is 5.01 Å². The van der Waals surface area contributed by atoms with E-state index in [2.05, 4.69) is 20.9 Å². The first-order chi connectivity index (χ1) is 8.65. The van der Waals surface area contributed by atoms with Crippen molar-refractivity contribution < 1.29 is 0 Å². The predicted molar refractivity (Wildman–Crippen MR) is 82.2 cm³/mol. The molecule has 0 unspecified atom stereocenters. The molecule has 18 heavy (non-hydrogen) atoms. The summed E-state index contributed by atoms with van der Waals surface area (Å²) >= 11 is 11.2. The lowest BCUT2D eigenvalue weighted by atomic mass is 10.2. The van der Waals surface area contributed by atoms with Gasteiger partial charge < -0.3 is 5.73 Å². The van der Waals surface area contributed by atoms with Gasteiger partial charge in [0, 0.05) is 15.7 Å². The Balaban J connectivity index is 2.26. The minimum atomic E-state index is 0.716. The van der Waals surface area contributed by atoms with Gasteiger partial charge in [0.15, 0.2) is 0 Å². The Morgan fingerprint density at radius 2 is 2.06 bits per heavy atom. The van der Waals surface area contributed by atoms with Crippen LogP contribution >= 0.6 is 38.9 Å². The van der Waals surface area contributed by atoms with Crippen LogP contribution in [-0.2, 0) is 0 Å². The van der Waals surface area contributed by atoms with Gasteiger partial charge in [0.2, 0.25) is 0 Å². The number of nitrogen functional groups attached to an aromatic ring is 1. The number of rotatable bonds is 1. The molecule has 5 heteroatoms. The fourth-order valence-electron chi connectivity index (χ4n) is 1.74. The third kappa shape index (κ3) is 2.00. The Hall–Kier alpha value is -1.10. The topological polar surface area (TPSA) is 38.9 Å². The van der Waals surface area contributed by atoms with Gasteiger partial charge in [-0.15, -0.1) is 11.3 Å². The van der Waals surface area contributed by atoms with Crippen LogP contribution in [0.2, 0.25) is 5.02 Å². The first-order valence-electron chi connectivity index (χ1n) is 5.25. The lowest BCUT2D eigenvalue weighted by Gasteiger charge is -2.01. The Bertz CT molecular complexity index is 739. The number of benzene rings is 2. The minimum absolute atomic E-state index is 0.716. The molecule has 1 heterocycles. The van der Waals surface area contributed by atoms with Gasteiger partial charge in [-0.25, -0.2) is 4.98 Å². The summed E-state index contributed by atoms with van der Waals surface area (Å²) in [7, 11) is 0. The van der Waals surface area contributed by atoms with Gasteiger partial charge >= 0.3 is 0 Å². The van der Waals surface area contributed by atoms with E-state index in [1.807, 2.05) is 36.4 Å². The number of halogens is 2. The molecule has 0 fully saturated rings. The maximum absolute atomic E-state index is 6.16. The fraction of sp³-hybridized carbons (Fsp3) is 0. The summed E-state index contributed by atoms with van der Waals surface area (Å²) in [5.41, 5.74) is 8.55.